The van der Waals surface area contributed by atoms with Crippen LogP contribution in [0.25, 0.3) is 16.9 Å². The topological polar surface area (TPSA) is 93.5 Å². The van der Waals surface area contributed by atoms with Crippen molar-refractivity contribution in [3.8, 4) is 22.7 Å². The fraction of sp³-hybridized carbons (Fsp3) is 0.115. The number of carbonyl (C=O) groups excluding carboxylic acids is 1. The number of ether oxygens (including phenoxy) is 1. The van der Waals surface area contributed by atoms with Crippen molar-refractivity contribution in [1.82, 2.24) is 9.78 Å². The highest BCUT2D eigenvalue weighted by atomic mass is 16.5. The number of methoxy groups -OCH3 is 1. The van der Waals surface area contributed by atoms with Crippen LogP contribution in [0.2, 0.25) is 0 Å². The predicted molar refractivity (Wildman–Crippen MR) is 124 cm³/mol. The molecule has 4 aromatic rings. The highest BCUT2D eigenvalue weighted by molar-refractivity contribution is 5.97. The number of rotatable bonds is 5. The number of nitrogens with zero attached hydrogens (tertiary/aromatic N) is 2. The molecule has 5 rings (SSSR count). The smallest absolute Gasteiger partial charge is 0.335 e. The quantitative estimate of drug-likeness (QED) is 0.469. The first kappa shape index (κ1) is 20.5. The number of carboxylic acid groups (broad SMARTS) is 1. The van der Waals surface area contributed by atoms with E-state index in [1.807, 2.05) is 54.6 Å². The third-order valence-corrected chi connectivity index (χ3v) is 5.84. The molecular weight excluding hydrogens is 418 g/mol. The van der Waals surface area contributed by atoms with Gasteiger partial charge in [0.2, 0.25) is 5.91 Å². The molecule has 1 amide bonds. The van der Waals surface area contributed by atoms with Crippen LogP contribution in [0.1, 0.15) is 33.8 Å². The number of hydrogen-bond acceptors (Lipinski definition) is 4. The summed E-state index contributed by atoms with van der Waals surface area (Å²) in [6, 6.07) is 24.0. The second-order valence-electron chi connectivity index (χ2n) is 7.82. The molecule has 0 fully saturated rings. The zero-order chi connectivity index (χ0) is 22.9. The van der Waals surface area contributed by atoms with Gasteiger partial charge in [-0.05, 0) is 42.0 Å². The molecule has 1 aliphatic rings. The van der Waals surface area contributed by atoms with Crippen LogP contribution >= 0.6 is 0 Å². The molecule has 33 heavy (non-hydrogen) atoms. The number of hydrogen-bond donors (Lipinski definition) is 2. The second-order valence-corrected chi connectivity index (χ2v) is 7.82. The van der Waals surface area contributed by atoms with Crippen LogP contribution in [-0.4, -0.2) is 33.9 Å². The van der Waals surface area contributed by atoms with Gasteiger partial charge in [0, 0.05) is 23.5 Å². The first-order chi connectivity index (χ1) is 16.0. The number of aromatic carboxylic acids is 1. The third kappa shape index (κ3) is 3.74. The zero-order valence-corrected chi connectivity index (χ0v) is 17.9. The van der Waals surface area contributed by atoms with Gasteiger partial charge in [0.25, 0.3) is 0 Å². The summed E-state index contributed by atoms with van der Waals surface area (Å²) in [7, 11) is 1.61. The second kappa shape index (κ2) is 8.27. The maximum Gasteiger partial charge on any atom is 0.335 e. The highest BCUT2D eigenvalue weighted by Crippen LogP contribution is 2.44. The number of amides is 1. The van der Waals surface area contributed by atoms with E-state index >= 15 is 0 Å². The van der Waals surface area contributed by atoms with Gasteiger partial charge in [0.15, 0.2) is 0 Å². The molecule has 0 saturated carbocycles. The van der Waals surface area contributed by atoms with Gasteiger partial charge in [-0.25, -0.2) is 9.48 Å². The Hall–Kier alpha value is -4.39. The van der Waals surface area contributed by atoms with E-state index in [0.717, 1.165) is 33.8 Å². The van der Waals surface area contributed by atoms with E-state index in [-0.39, 0.29) is 23.8 Å². The molecule has 3 aromatic carbocycles. The van der Waals surface area contributed by atoms with E-state index in [2.05, 4.69) is 5.32 Å². The van der Waals surface area contributed by atoms with Crippen molar-refractivity contribution in [2.75, 3.05) is 12.4 Å². The van der Waals surface area contributed by atoms with E-state index in [0.29, 0.717) is 5.82 Å². The first-order valence-corrected chi connectivity index (χ1v) is 10.5. The number of aromatic nitrogens is 2. The summed E-state index contributed by atoms with van der Waals surface area (Å²) in [6.07, 6.45) is 0.244. The first-order valence-electron chi connectivity index (χ1n) is 10.5. The normalized spacial score (nSPS) is 14.9. The molecule has 2 heterocycles. The highest BCUT2D eigenvalue weighted by Gasteiger charge is 2.34. The molecule has 1 atom stereocenters. The lowest BCUT2D eigenvalue weighted by Gasteiger charge is -2.25. The van der Waals surface area contributed by atoms with Crippen molar-refractivity contribution in [3.05, 3.63) is 95.6 Å². The Morgan fingerprint density at radius 2 is 1.73 bits per heavy atom. The van der Waals surface area contributed by atoms with Crippen LogP contribution < -0.4 is 10.1 Å². The molecule has 1 unspecified atom stereocenters. The monoisotopic (exact) mass is 439 g/mol. The summed E-state index contributed by atoms with van der Waals surface area (Å²) in [5.41, 5.74) is 4.47. The number of benzene rings is 3. The van der Waals surface area contributed by atoms with Gasteiger partial charge in [-0.15, -0.1) is 0 Å². The third-order valence-electron chi connectivity index (χ3n) is 5.84. The number of anilines is 1. The van der Waals surface area contributed by atoms with Crippen molar-refractivity contribution < 1.29 is 19.4 Å². The van der Waals surface area contributed by atoms with Gasteiger partial charge >= 0.3 is 5.97 Å². The number of fused-ring (bicyclic) bond motifs is 1. The maximum atomic E-state index is 12.7. The van der Waals surface area contributed by atoms with Gasteiger partial charge in [0.05, 0.1) is 24.1 Å². The molecule has 0 aliphatic carbocycles. The van der Waals surface area contributed by atoms with Crippen LogP contribution in [0.5, 0.6) is 5.75 Å². The fourth-order valence-corrected chi connectivity index (χ4v) is 4.21. The van der Waals surface area contributed by atoms with Crippen molar-refractivity contribution >= 4 is 17.7 Å². The van der Waals surface area contributed by atoms with E-state index in [9.17, 15) is 14.7 Å². The molecule has 0 saturated heterocycles. The van der Waals surface area contributed by atoms with Crippen molar-refractivity contribution in [1.29, 1.82) is 0 Å². The Bertz CT molecular complexity index is 1330. The van der Waals surface area contributed by atoms with E-state index in [1.165, 1.54) is 0 Å². The molecule has 1 aromatic heterocycles. The van der Waals surface area contributed by atoms with Gasteiger partial charge in [0.1, 0.15) is 11.6 Å². The van der Waals surface area contributed by atoms with Gasteiger partial charge in [-0.2, -0.15) is 5.10 Å². The average Bonchev–Trinajstić information content (AvgIpc) is 3.23. The fourth-order valence-electron chi connectivity index (χ4n) is 4.21. The minimum absolute atomic E-state index is 0.121. The predicted octanol–water partition coefficient (Wildman–Crippen LogP) is 4.72. The molecule has 7 heteroatoms. The molecule has 1 aliphatic heterocycles. The molecule has 0 spiro atoms. The standard InChI is InChI=1S/C26H21N3O4/c1-33-20-13-11-19(12-14-20)29-25-23(24(28-29)17-5-3-2-4-6-17)21(15-22(30)27-25)16-7-9-18(10-8-16)26(31)32/h2-14,21H,15H2,1H3,(H,27,30)(H,31,32). The average molecular weight is 439 g/mol. The van der Waals surface area contributed by atoms with Gasteiger partial charge < -0.3 is 15.2 Å². The number of nitrogens with one attached hydrogen (secondary N) is 1. The van der Waals surface area contributed by atoms with E-state index < -0.39 is 5.97 Å². The molecule has 2 N–H and O–H groups in total. The van der Waals surface area contributed by atoms with Crippen LogP contribution in [0, 0.1) is 0 Å². The van der Waals surface area contributed by atoms with Crippen LogP contribution in [0.4, 0.5) is 5.82 Å². The van der Waals surface area contributed by atoms with Crippen molar-refractivity contribution in [2.45, 2.75) is 12.3 Å². The minimum Gasteiger partial charge on any atom is -0.497 e. The Balaban J connectivity index is 1.71. The summed E-state index contributed by atoms with van der Waals surface area (Å²) in [6.45, 7) is 0. The van der Waals surface area contributed by atoms with Crippen LogP contribution in [-0.2, 0) is 4.79 Å². The number of carbonyl (C=O) groups is 2. The Labute approximate surface area is 190 Å². The largest absolute Gasteiger partial charge is 0.497 e. The molecule has 7 nitrogen and oxygen atoms in total. The SMILES string of the molecule is COc1ccc(-n2nc(-c3ccccc3)c3c2NC(=O)CC3c2ccc(C(=O)O)cc2)cc1. The Morgan fingerprint density at radius 3 is 2.36 bits per heavy atom. The summed E-state index contributed by atoms with van der Waals surface area (Å²) >= 11 is 0. The molecule has 0 radical (unpaired) electrons. The lowest BCUT2D eigenvalue weighted by molar-refractivity contribution is -0.116. The minimum atomic E-state index is -0.985. The maximum absolute atomic E-state index is 12.7. The number of carboxylic acids is 1. The van der Waals surface area contributed by atoms with Crippen molar-refractivity contribution in [3.63, 3.8) is 0 Å². The molecule has 0 bridgehead atoms. The zero-order valence-electron chi connectivity index (χ0n) is 17.9. The summed E-state index contributed by atoms with van der Waals surface area (Å²) < 4.78 is 7.01. The summed E-state index contributed by atoms with van der Waals surface area (Å²) in [5, 5.41) is 17.2. The Morgan fingerprint density at radius 1 is 1.03 bits per heavy atom. The van der Waals surface area contributed by atoms with Crippen molar-refractivity contribution in [2.24, 2.45) is 0 Å². The summed E-state index contributed by atoms with van der Waals surface area (Å²) in [4.78, 5) is 24.0. The van der Waals surface area contributed by atoms with Gasteiger partial charge in [-0.3, -0.25) is 4.79 Å². The van der Waals surface area contributed by atoms with Crippen LogP contribution in [0.3, 0.4) is 0 Å². The lowest BCUT2D eigenvalue weighted by atomic mass is 9.84. The van der Waals surface area contributed by atoms with Crippen LogP contribution in [0.15, 0.2) is 78.9 Å². The van der Waals surface area contributed by atoms with Gasteiger partial charge in [-0.1, -0.05) is 42.5 Å². The summed E-state index contributed by atoms with van der Waals surface area (Å²) in [5.74, 6) is -0.0325. The molecular formula is C26H21N3O4. The lowest BCUT2D eigenvalue weighted by Crippen LogP contribution is -2.25. The molecule has 164 valence electrons. The van der Waals surface area contributed by atoms with E-state index in [1.54, 1.807) is 36.1 Å². The van der Waals surface area contributed by atoms with E-state index in [4.69, 9.17) is 9.84 Å². The Kier molecular flexibility index (Phi) is 5.14.